The molecule has 3 nitrogen and oxygen atoms in total. The fourth-order valence-corrected chi connectivity index (χ4v) is 2.66. The summed E-state index contributed by atoms with van der Waals surface area (Å²) in [7, 11) is 3.30. The van der Waals surface area contributed by atoms with Crippen molar-refractivity contribution >= 4 is 0 Å². The van der Waals surface area contributed by atoms with Gasteiger partial charge in [0.2, 0.25) is 0 Å². The Morgan fingerprint density at radius 3 is 1.95 bits per heavy atom. The molecule has 0 aliphatic rings. The summed E-state index contributed by atoms with van der Waals surface area (Å²) in [5, 5.41) is 10.6. The van der Waals surface area contributed by atoms with Crippen LogP contribution < -0.4 is 9.47 Å². The quantitative estimate of drug-likeness (QED) is 0.931. The molecule has 3 heteroatoms. The van der Waals surface area contributed by atoms with E-state index in [-0.39, 0.29) is 0 Å². The summed E-state index contributed by atoms with van der Waals surface area (Å²) in [6.07, 6.45) is -0.678. The molecule has 0 fully saturated rings. The number of ether oxygens (including phenoxy) is 2. The molecular formula is C18H22O3. The van der Waals surface area contributed by atoms with Crippen molar-refractivity contribution in [1.82, 2.24) is 0 Å². The Kier molecular flexibility index (Phi) is 4.53. The van der Waals surface area contributed by atoms with Crippen molar-refractivity contribution in [3.05, 3.63) is 58.1 Å². The molecule has 0 amide bonds. The van der Waals surface area contributed by atoms with Crippen LogP contribution in [0.3, 0.4) is 0 Å². The van der Waals surface area contributed by atoms with Crippen LogP contribution in [-0.2, 0) is 0 Å². The summed E-state index contributed by atoms with van der Waals surface area (Å²) < 4.78 is 10.7. The highest BCUT2D eigenvalue weighted by molar-refractivity contribution is 5.47. The van der Waals surface area contributed by atoms with Gasteiger partial charge in [-0.1, -0.05) is 12.1 Å². The van der Waals surface area contributed by atoms with Crippen LogP contribution >= 0.6 is 0 Å². The number of methoxy groups -OCH3 is 2. The van der Waals surface area contributed by atoms with Gasteiger partial charge in [0, 0.05) is 0 Å². The average molecular weight is 286 g/mol. The van der Waals surface area contributed by atoms with Gasteiger partial charge in [-0.3, -0.25) is 0 Å². The molecule has 0 spiro atoms. The summed E-state index contributed by atoms with van der Waals surface area (Å²) in [4.78, 5) is 0. The zero-order chi connectivity index (χ0) is 15.6. The molecule has 2 rings (SSSR count). The molecule has 0 radical (unpaired) electrons. The maximum atomic E-state index is 10.6. The van der Waals surface area contributed by atoms with Crippen molar-refractivity contribution in [3.8, 4) is 11.5 Å². The standard InChI is InChI=1S/C18H22O3/c1-11-6-7-14(10-16(11)20-4)17(19)15-8-12(2)18(21-5)13(3)9-15/h6-10,17,19H,1-5H3. The molecule has 0 aromatic heterocycles. The molecule has 112 valence electrons. The van der Waals surface area contributed by atoms with Crippen LogP contribution in [0.2, 0.25) is 0 Å². The van der Waals surface area contributed by atoms with E-state index in [9.17, 15) is 5.11 Å². The first-order valence-electron chi connectivity index (χ1n) is 6.95. The normalized spacial score (nSPS) is 12.1. The minimum absolute atomic E-state index is 0.678. The van der Waals surface area contributed by atoms with E-state index in [0.717, 1.165) is 39.3 Å². The molecule has 0 bridgehead atoms. The van der Waals surface area contributed by atoms with E-state index in [1.54, 1.807) is 14.2 Å². The van der Waals surface area contributed by atoms with Gasteiger partial charge in [-0.25, -0.2) is 0 Å². The minimum Gasteiger partial charge on any atom is -0.496 e. The fraction of sp³-hybridized carbons (Fsp3) is 0.333. The summed E-state index contributed by atoms with van der Waals surface area (Å²) in [6, 6.07) is 9.69. The zero-order valence-electron chi connectivity index (χ0n) is 13.2. The maximum absolute atomic E-state index is 10.6. The number of aliphatic hydroxyl groups is 1. The second kappa shape index (κ2) is 6.19. The first-order chi connectivity index (χ1) is 9.97. The smallest absolute Gasteiger partial charge is 0.124 e. The Balaban J connectivity index is 2.42. The zero-order valence-corrected chi connectivity index (χ0v) is 13.2. The van der Waals surface area contributed by atoms with E-state index in [0.29, 0.717) is 0 Å². The van der Waals surface area contributed by atoms with E-state index in [4.69, 9.17) is 9.47 Å². The van der Waals surface area contributed by atoms with Crippen molar-refractivity contribution in [2.75, 3.05) is 14.2 Å². The second-order valence-electron chi connectivity index (χ2n) is 5.32. The number of rotatable bonds is 4. The molecule has 1 N–H and O–H groups in total. The lowest BCUT2D eigenvalue weighted by Gasteiger charge is -2.17. The van der Waals surface area contributed by atoms with Gasteiger partial charge < -0.3 is 14.6 Å². The molecule has 1 unspecified atom stereocenters. The van der Waals surface area contributed by atoms with Crippen molar-refractivity contribution in [2.24, 2.45) is 0 Å². The lowest BCUT2D eigenvalue weighted by atomic mass is 9.96. The Hall–Kier alpha value is -2.00. The highest BCUT2D eigenvalue weighted by atomic mass is 16.5. The monoisotopic (exact) mass is 286 g/mol. The predicted octanol–water partition coefficient (Wildman–Crippen LogP) is 3.71. The Morgan fingerprint density at radius 1 is 0.810 bits per heavy atom. The van der Waals surface area contributed by atoms with Gasteiger partial charge in [0.1, 0.15) is 17.6 Å². The van der Waals surface area contributed by atoms with E-state index in [1.807, 2.05) is 51.1 Å². The van der Waals surface area contributed by atoms with E-state index < -0.39 is 6.10 Å². The summed E-state index contributed by atoms with van der Waals surface area (Å²) in [6.45, 7) is 5.95. The molecular weight excluding hydrogens is 264 g/mol. The van der Waals surface area contributed by atoms with Gasteiger partial charge in [0.05, 0.1) is 14.2 Å². The van der Waals surface area contributed by atoms with Crippen molar-refractivity contribution in [2.45, 2.75) is 26.9 Å². The lowest BCUT2D eigenvalue weighted by molar-refractivity contribution is 0.219. The van der Waals surface area contributed by atoms with Crippen LogP contribution in [0, 0.1) is 20.8 Å². The molecule has 0 aliphatic heterocycles. The topological polar surface area (TPSA) is 38.7 Å². The number of benzene rings is 2. The first kappa shape index (κ1) is 15.4. The minimum atomic E-state index is -0.678. The summed E-state index contributed by atoms with van der Waals surface area (Å²) >= 11 is 0. The second-order valence-corrected chi connectivity index (χ2v) is 5.32. The van der Waals surface area contributed by atoms with Gasteiger partial charge in [-0.05, 0) is 66.8 Å². The number of aryl methyl sites for hydroxylation is 3. The third kappa shape index (κ3) is 3.03. The van der Waals surface area contributed by atoms with E-state index >= 15 is 0 Å². The summed E-state index contributed by atoms with van der Waals surface area (Å²) in [5.74, 6) is 1.65. The molecule has 2 aromatic rings. The third-order valence-electron chi connectivity index (χ3n) is 3.75. The molecule has 0 saturated heterocycles. The van der Waals surface area contributed by atoms with Crippen LogP contribution in [0.15, 0.2) is 30.3 Å². The Labute approximate surface area is 126 Å². The number of hydrogen-bond donors (Lipinski definition) is 1. The van der Waals surface area contributed by atoms with Gasteiger partial charge in [0.25, 0.3) is 0 Å². The van der Waals surface area contributed by atoms with Gasteiger partial charge in [-0.15, -0.1) is 0 Å². The third-order valence-corrected chi connectivity index (χ3v) is 3.75. The van der Waals surface area contributed by atoms with Gasteiger partial charge in [-0.2, -0.15) is 0 Å². The van der Waals surface area contributed by atoms with Crippen molar-refractivity contribution in [1.29, 1.82) is 0 Å². The predicted molar refractivity (Wildman–Crippen MR) is 84.3 cm³/mol. The average Bonchev–Trinajstić information content (AvgIpc) is 2.46. The first-order valence-corrected chi connectivity index (χ1v) is 6.95. The van der Waals surface area contributed by atoms with Gasteiger partial charge >= 0.3 is 0 Å². The molecule has 21 heavy (non-hydrogen) atoms. The van der Waals surface area contributed by atoms with Crippen LogP contribution in [0.25, 0.3) is 0 Å². The van der Waals surface area contributed by atoms with Crippen LogP contribution in [-0.4, -0.2) is 19.3 Å². The Morgan fingerprint density at radius 2 is 1.43 bits per heavy atom. The maximum Gasteiger partial charge on any atom is 0.124 e. The molecule has 0 heterocycles. The van der Waals surface area contributed by atoms with Crippen molar-refractivity contribution in [3.63, 3.8) is 0 Å². The van der Waals surface area contributed by atoms with Crippen LogP contribution in [0.4, 0.5) is 0 Å². The number of hydrogen-bond acceptors (Lipinski definition) is 3. The molecule has 0 saturated carbocycles. The largest absolute Gasteiger partial charge is 0.496 e. The highest BCUT2D eigenvalue weighted by Crippen LogP contribution is 2.31. The number of aliphatic hydroxyl groups excluding tert-OH is 1. The highest BCUT2D eigenvalue weighted by Gasteiger charge is 2.15. The molecule has 0 aliphatic carbocycles. The molecule has 1 atom stereocenters. The van der Waals surface area contributed by atoms with Crippen LogP contribution in [0.1, 0.15) is 33.9 Å². The SMILES string of the molecule is COc1cc(C(O)c2cc(C)c(OC)c(C)c2)ccc1C. The van der Waals surface area contributed by atoms with Crippen LogP contribution in [0.5, 0.6) is 11.5 Å². The summed E-state index contributed by atoms with van der Waals surface area (Å²) in [5.41, 5.74) is 4.77. The fourth-order valence-electron chi connectivity index (χ4n) is 2.66. The van der Waals surface area contributed by atoms with E-state index in [1.165, 1.54) is 0 Å². The molecule has 2 aromatic carbocycles. The Bertz CT molecular complexity index is 624. The van der Waals surface area contributed by atoms with Gasteiger partial charge in [0.15, 0.2) is 0 Å². The lowest BCUT2D eigenvalue weighted by Crippen LogP contribution is -2.03. The van der Waals surface area contributed by atoms with Crippen molar-refractivity contribution < 1.29 is 14.6 Å². The van der Waals surface area contributed by atoms with E-state index in [2.05, 4.69) is 0 Å².